The second-order valence-electron chi connectivity index (χ2n) is 31.3. The van der Waals surface area contributed by atoms with Crippen molar-refractivity contribution in [3.05, 3.63) is 72.3 Å². The Kier molecular flexibility index (Phi) is 35.0. The highest BCUT2D eigenvalue weighted by Crippen LogP contribution is 2.29. The number of nitrogens with one attached hydrogen (secondary N) is 4. The normalized spacial score (nSPS) is 23.9. The van der Waals surface area contributed by atoms with Gasteiger partial charge in [-0.3, -0.25) is 52.7 Å². The van der Waals surface area contributed by atoms with Gasteiger partial charge in [0.15, 0.2) is 0 Å². The SMILES string of the molecule is CC[C@H]1NC(=O)[C@H]([C@H](O)[C@H](C)CC=Cc2ccc(C(=O)OCCCCn3ccnc3)c3ccccc23)N(C)C(=O)[C@H](C(C)C)N(C)C(=O)[C@H](CC(C)C)N(C)C(=O)[C@@H](CC(C)C)N(C)C(=O)[C@@H](C)NC(=O)[C@H](C)NC(=O)[C@H](CC(C)C)N(C)C(=O)[C@H](C(C)C)NC(=O)[C@H](CC(C)C)N(C)C(=O)CN(C)C1=O. The van der Waals surface area contributed by atoms with Crippen molar-refractivity contribution in [3.63, 3.8) is 0 Å². The summed E-state index contributed by atoms with van der Waals surface area (Å²) in [5, 5.41) is 25.2. The average molecular weight is 1480 g/mol. The van der Waals surface area contributed by atoms with Crippen LogP contribution >= 0.6 is 0 Å². The van der Waals surface area contributed by atoms with Crippen LogP contribution in [0.2, 0.25) is 0 Å². The maximum Gasteiger partial charge on any atom is 0.338 e. The molecule has 3 aromatic rings. The monoisotopic (exact) mass is 1480 g/mol. The van der Waals surface area contributed by atoms with Gasteiger partial charge in [0.25, 0.3) is 0 Å². The number of aromatic nitrogens is 2. The highest BCUT2D eigenvalue weighted by Gasteiger charge is 2.46. The van der Waals surface area contributed by atoms with Gasteiger partial charge in [0.05, 0.1) is 31.1 Å². The van der Waals surface area contributed by atoms with E-state index in [0.29, 0.717) is 17.4 Å². The molecule has 1 aliphatic heterocycles. The van der Waals surface area contributed by atoms with E-state index >= 15 is 19.2 Å². The number of aryl methyl sites for hydroxylation is 1. The number of likely N-dealkylation sites (N-methyl/N-ethyl adjacent to an activating group) is 7. The second kappa shape index (κ2) is 41.4. The van der Waals surface area contributed by atoms with Gasteiger partial charge >= 0.3 is 5.97 Å². The molecule has 2 aromatic carbocycles. The van der Waals surface area contributed by atoms with Crippen LogP contribution in [-0.2, 0) is 64.0 Å². The Morgan fingerprint density at radius 3 is 1.59 bits per heavy atom. The summed E-state index contributed by atoms with van der Waals surface area (Å²) in [6, 6.07) is -1.97. The van der Waals surface area contributed by atoms with Crippen LogP contribution in [0, 0.1) is 41.4 Å². The van der Waals surface area contributed by atoms with E-state index in [9.17, 15) is 43.5 Å². The number of hydrogen-bond donors (Lipinski definition) is 5. The maximum absolute atomic E-state index is 15.6. The molecule has 27 nitrogen and oxygen atoms in total. The number of carbonyl (C=O) groups is 12. The van der Waals surface area contributed by atoms with E-state index < -0.39 is 162 Å². The molecule has 590 valence electrons. The molecule has 4 rings (SSSR count). The first-order chi connectivity index (χ1) is 49.6. The quantitative estimate of drug-likeness (QED) is 0.0537. The van der Waals surface area contributed by atoms with Crippen molar-refractivity contribution in [1.29, 1.82) is 0 Å². The standard InChI is InChI=1S/C79H125N13O14/c1-24-59-74(100)85(17)44-64(93)86(18)60(40-46(2)3)71(97)84-65(50(10)11)77(103)87(19)61(41-47(4)5)70(96)81-53(15)69(95)82-54(16)73(99)88(20)62(42-48(6)7)75(101)89(21)63(43-49(8)9)76(102)90(22)66(51(12)13)78(104)91(23)67(72(98)83-59)68(94)52(14)30-29-31-55-34-35-58(57-33-26-25-32-56(55)57)79(105)106-39-28-27-37-92-38-36-80-45-92/h25-26,29,31-36,38,45-54,59-63,65-68,94H,24,27-28,30,37,39-44H2,1-23H3,(H,81,96)(H,82,95)(H,83,98)(H,84,97)/t52-,53+,54-,59-,60+,61+,62-,63+,65+,66+,67+,68-/m1/s1. The zero-order valence-electron chi connectivity index (χ0n) is 67.3. The number of allylic oxidation sites excluding steroid dienone is 1. The molecule has 0 saturated carbocycles. The van der Waals surface area contributed by atoms with Crippen LogP contribution < -0.4 is 21.3 Å². The summed E-state index contributed by atoms with van der Waals surface area (Å²) in [5.74, 6) is -10.9. The number of esters is 1. The number of aliphatic hydroxyl groups excluding tert-OH is 1. The Morgan fingerprint density at radius 2 is 1.06 bits per heavy atom. The van der Waals surface area contributed by atoms with Crippen molar-refractivity contribution in [2.24, 2.45) is 41.4 Å². The van der Waals surface area contributed by atoms with Crippen LogP contribution in [-0.4, -0.2) is 249 Å². The van der Waals surface area contributed by atoms with Gasteiger partial charge in [0.1, 0.15) is 60.4 Å². The summed E-state index contributed by atoms with van der Waals surface area (Å²) in [4.78, 5) is 189. The van der Waals surface area contributed by atoms with Crippen LogP contribution in [0.5, 0.6) is 0 Å². The Balaban J connectivity index is 1.87. The van der Waals surface area contributed by atoms with Gasteiger partial charge in [0, 0.05) is 68.3 Å². The molecule has 5 N–H and O–H groups in total. The number of ether oxygens (including phenoxy) is 1. The van der Waals surface area contributed by atoms with Gasteiger partial charge in [-0.1, -0.05) is 139 Å². The predicted molar refractivity (Wildman–Crippen MR) is 408 cm³/mol. The molecule has 1 aromatic heterocycles. The summed E-state index contributed by atoms with van der Waals surface area (Å²) in [6.07, 6.45) is 9.34. The molecule has 0 bridgehead atoms. The smallest absolute Gasteiger partial charge is 0.338 e. The Hall–Kier alpha value is -8.75. The Morgan fingerprint density at radius 1 is 0.547 bits per heavy atom. The van der Waals surface area contributed by atoms with Crippen molar-refractivity contribution < 1.29 is 67.4 Å². The molecule has 2 heterocycles. The molecule has 0 unspecified atom stereocenters. The van der Waals surface area contributed by atoms with E-state index in [2.05, 4.69) is 26.3 Å². The lowest BCUT2D eigenvalue weighted by Gasteiger charge is -2.41. The molecule has 27 heteroatoms. The number of fused-ring (bicyclic) bond motifs is 1. The van der Waals surface area contributed by atoms with E-state index in [1.54, 1.807) is 66.2 Å². The average Bonchev–Trinajstić information content (AvgIpc) is 0.837. The lowest BCUT2D eigenvalue weighted by atomic mass is 9.91. The molecular weight excluding hydrogens is 1350 g/mol. The third kappa shape index (κ3) is 24.4. The summed E-state index contributed by atoms with van der Waals surface area (Å²) in [6.45, 7) is 28.3. The summed E-state index contributed by atoms with van der Waals surface area (Å²) < 4.78 is 7.67. The number of nitrogens with zero attached hydrogens (tertiary/aromatic N) is 9. The number of benzene rings is 2. The zero-order valence-corrected chi connectivity index (χ0v) is 67.3. The van der Waals surface area contributed by atoms with Crippen LogP contribution in [0.1, 0.15) is 178 Å². The minimum Gasteiger partial charge on any atom is -0.462 e. The molecule has 0 radical (unpaired) electrons. The number of hydrogen-bond acceptors (Lipinski definition) is 15. The van der Waals surface area contributed by atoms with Crippen molar-refractivity contribution in [3.8, 4) is 0 Å². The number of amides is 11. The van der Waals surface area contributed by atoms with E-state index in [4.69, 9.17) is 4.74 Å². The molecule has 0 spiro atoms. The van der Waals surface area contributed by atoms with E-state index in [1.807, 2.05) is 103 Å². The lowest BCUT2D eigenvalue weighted by Crippen LogP contribution is -2.63. The van der Waals surface area contributed by atoms with Gasteiger partial charge in [-0.2, -0.15) is 0 Å². The summed E-state index contributed by atoms with van der Waals surface area (Å²) >= 11 is 0. The van der Waals surface area contributed by atoms with Crippen molar-refractivity contribution in [1.82, 2.24) is 65.1 Å². The minimum absolute atomic E-state index is 0.0311. The number of aliphatic hydroxyl groups is 1. The van der Waals surface area contributed by atoms with Crippen molar-refractivity contribution in [2.45, 2.75) is 235 Å². The van der Waals surface area contributed by atoms with Gasteiger partial charge in [-0.25, -0.2) is 9.78 Å². The van der Waals surface area contributed by atoms with E-state index in [0.717, 1.165) is 33.7 Å². The van der Waals surface area contributed by atoms with E-state index in [1.165, 1.54) is 87.7 Å². The van der Waals surface area contributed by atoms with Crippen LogP contribution in [0.25, 0.3) is 16.8 Å². The Bertz CT molecular complexity index is 3520. The summed E-state index contributed by atoms with van der Waals surface area (Å²) in [7, 11) is 9.86. The molecular formula is C79H125N13O14. The maximum atomic E-state index is 15.6. The van der Waals surface area contributed by atoms with Gasteiger partial charge in [0.2, 0.25) is 65.0 Å². The number of carbonyl (C=O) groups excluding carboxylic acids is 12. The van der Waals surface area contributed by atoms with Gasteiger partial charge in [-0.15, -0.1) is 0 Å². The van der Waals surface area contributed by atoms with Crippen LogP contribution in [0.15, 0.2) is 61.2 Å². The topological polar surface area (TPSA) is 323 Å². The fraction of sp³-hybridized carbons (Fsp3) is 0.658. The number of imidazole rings is 1. The molecule has 11 amide bonds. The summed E-state index contributed by atoms with van der Waals surface area (Å²) in [5.41, 5.74) is 1.12. The first kappa shape index (κ1) is 89.6. The first-order valence-corrected chi connectivity index (χ1v) is 37.6. The predicted octanol–water partition coefficient (Wildman–Crippen LogP) is 6.39. The second-order valence-corrected chi connectivity index (χ2v) is 31.3. The molecule has 106 heavy (non-hydrogen) atoms. The van der Waals surface area contributed by atoms with Gasteiger partial charge < -0.3 is 70.0 Å². The van der Waals surface area contributed by atoms with Crippen LogP contribution in [0.3, 0.4) is 0 Å². The molecule has 1 saturated heterocycles. The van der Waals surface area contributed by atoms with E-state index in [-0.39, 0.29) is 68.8 Å². The van der Waals surface area contributed by atoms with Crippen molar-refractivity contribution in [2.75, 3.05) is 62.5 Å². The number of unbranched alkanes of at least 4 members (excludes halogenated alkanes) is 1. The first-order valence-electron chi connectivity index (χ1n) is 37.6. The highest BCUT2D eigenvalue weighted by atomic mass is 16.5. The molecule has 1 fully saturated rings. The lowest BCUT2D eigenvalue weighted by molar-refractivity contribution is -0.157. The molecule has 1 aliphatic rings. The zero-order chi connectivity index (χ0) is 80.0. The minimum atomic E-state index is -1.73. The molecule has 0 aliphatic carbocycles. The van der Waals surface area contributed by atoms with Crippen molar-refractivity contribution >= 4 is 87.8 Å². The third-order valence-corrected chi connectivity index (χ3v) is 19.9. The molecule has 12 atom stereocenters. The number of rotatable bonds is 22. The highest BCUT2D eigenvalue weighted by molar-refractivity contribution is 6.07. The van der Waals surface area contributed by atoms with Crippen LogP contribution in [0.4, 0.5) is 0 Å². The van der Waals surface area contributed by atoms with Gasteiger partial charge in [-0.05, 0) is 129 Å². The fourth-order valence-corrected chi connectivity index (χ4v) is 13.4. The third-order valence-electron chi connectivity index (χ3n) is 19.9. The Labute approximate surface area is 629 Å². The largest absolute Gasteiger partial charge is 0.462 e. The fourth-order valence-electron chi connectivity index (χ4n) is 13.4.